The number of nitrogens with zero attached hydrogens (tertiary/aromatic N) is 2. The summed E-state index contributed by atoms with van der Waals surface area (Å²) in [5.74, 6) is -0.569. The molecular formula is C25H21N3O4. The van der Waals surface area contributed by atoms with Gasteiger partial charge in [0, 0.05) is 18.2 Å². The van der Waals surface area contributed by atoms with Crippen molar-refractivity contribution in [2.24, 2.45) is 0 Å². The largest absolute Gasteiger partial charge is 0.388 e. The summed E-state index contributed by atoms with van der Waals surface area (Å²) in [5, 5.41) is 12.2. The van der Waals surface area contributed by atoms with Crippen molar-refractivity contribution >= 4 is 28.3 Å². The zero-order chi connectivity index (χ0) is 22.7. The molecule has 0 saturated carbocycles. The first-order valence-electron chi connectivity index (χ1n) is 10.0. The Balaban J connectivity index is 1.63. The van der Waals surface area contributed by atoms with Crippen LogP contribution in [0.25, 0.3) is 22.0 Å². The molecule has 4 aromatic rings. The van der Waals surface area contributed by atoms with E-state index in [1.807, 2.05) is 48.5 Å². The molecule has 7 nitrogen and oxygen atoms in total. The maximum Gasteiger partial charge on any atom is 0.261 e. The van der Waals surface area contributed by atoms with E-state index in [1.54, 1.807) is 12.1 Å². The Morgan fingerprint density at radius 2 is 1.78 bits per heavy atom. The standard InChI is InChI=1S/C25H21N3O4/c1-16(30)27-21-8-5-18(6-9-21)19-4-2-3-17(11-19)13-28-15-26-23-10-7-20(24(31)14-29)12-22(23)25(28)32/h2-12,15,29H,13-14H2,1H3,(H,27,30). The molecule has 4 rings (SSSR count). The summed E-state index contributed by atoms with van der Waals surface area (Å²) in [6, 6.07) is 20.0. The van der Waals surface area contributed by atoms with Gasteiger partial charge in [-0.05, 0) is 53.1 Å². The molecular weight excluding hydrogens is 406 g/mol. The lowest BCUT2D eigenvalue weighted by Gasteiger charge is -2.10. The first-order valence-corrected chi connectivity index (χ1v) is 10.0. The highest BCUT2D eigenvalue weighted by molar-refractivity contribution is 5.99. The van der Waals surface area contributed by atoms with Crippen molar-refractivity contribution in [2.45, 2.75) is 13.5 Å². The van der Waals surface area contributed by atoms with Crippen LogP contribution in [-0.2, 0) is 11.3 Å². The second-order valence-electron chi connectivity index (χ2n) is 7.45. The number of rotatable bonds is 6. The van der Waals surface area contributed by atoms with Crippen molar-refractivity contribution < 1.29 is 14.7 Å². The van der Waals surface area contributed by atoms with E-state index in [0.717, 1.165) is 22.4 Å². The monoisotopic (exact) mass is 427 g/mol. The van der Waals surface area contributed by atoms with Crippen molar-refractivity contribution in [3.63, 3.8) is 0 Å². The zero-order valence-corrected chi connectivity index (χ0v) is 17.4. The molecule has 7 heteroatoms. The minimum absolute atomic E-state index is 0.123. The second kappa shape index (κ2) is 8.95. The van der Waals surface area contributed by atoms with Gasteiger partial charge < -0.3 is 10.4 Å². The first kappa shape index (κ1) is 21.1. The summed E-state index contributed by atoms with van der Waals surface area (Å²) in [6.07, 6.45) is 1.49. The molecule has 3 aromatic carbocycles. The first-order chi connectivity index (χ1) is 15.4. The van der Waals surface area contributed by atoms with Crippen LogP contribution in [0.4, 0.5) is 5.69 Å². The Labute approximate surface area is 184 Å². The Bertz CT molecular complexity index is 1370. The molecule has 0 aliphatic heterocycles. The Morgan fingerprint density at radius 1 is 1.00 bits per heavy atom. The number of carbonyl (C=O) groups excluding carboxylic acids is 2. The van der Waals surface area contributed by atoms with Gasteiger partial charge in [0.15, 0.2) is 5.78 Å². The third-order valence-corrected chi connectivity index (χ3v) is 5.11. The van der Waals surface area contributed by atoms with E-state index >= 15 is 0 Å². The van der Waals surface area contributed by atoms with Crippen LogP contribution in [0.15, 0.2) is 77.9 Å². The SMILES string of the molecule is CC(=O)Nc1ccc(-c2cccc(Cn3cnc4ccc(C(=O)CO)cc4c3=O)c2)cc1. The van der Waals surface area contributed by atoms with Gasteiger partial charge in [0.05, 0.1) is 23.8 Å². The molecule has 32 heavy (non-hydrogen) atoms. The van der Waals surface area contributed by atoms with Crippen LogP contribution in [0, 0.1) is 0 Å². The lowest BCUT2D eigenvalue weighted by Crippen LogP contribution is -2.21. The van der Waals surface area contributed by atoms with Crippen LogP contribution in [-0.4, -0.2) is 33.0 Å². The average molecular weight is 427 g/mol. The number of Topliss-reactive ketones (excluding diaryl/α,β-unsaturated/α-hetero) is 1. The summed E-state index contributed by atoms with van der Waals surface area (Å²) >= 11 is 0. The van der Waals surface area contributed by atoms with E-state index in [1.165, 1.54) is 23.9 Å². The van der Waals surface area contributed by atoms with E-state index in [9.17, 15) is 14.4 Å². The number of ketones is 1. The molecule has 0 fully saturated rings. The number of benzene rings is 3. The molecule has 0 saturated heterocycles. The minimum atomic E-state index is -0.613. The summed E-state index contributed by atoms with van der Waals surface area (Å²) in [5.41, 5.74) is 4.12. The minimum Gasteiger partial charge on any atom is -0.388 e. The highest BCUT2D eigenvalue weighted by Gasteiger charge is 2.10. The van der Waals surface area contributed by atoms with Crippen molar-refractivity contribution in [1.29, 1.82) is 0 Å². The maximum absolute atomic E-state index is 13.0. The normalized spacial score (nSPS) is 10.8. The number of aromatic nitrogens is 2. The van der Waals surface area contributed by atoms with Gasteiger partial charge >= 0.3 is 0 Å². The van der Waals surface area contributed by atoms with Crippen molar-refractivity contribution in [1.82, 2.24) is 9.55 Å². The lowest BCUT2D eigenvalue weighted by molar-refractivity contribution is -0.114. The van der Waals surface area contributed by atoms with Crippen molar-refractivity contribution in [2.75, 3.05) is 11.9 Å². The van der Waals surface area contributed by atoms with E-state index < -0.39 is 12.4 Å². The number of anilines is 1. The van der Waals surface area contributed by atoms with Gasteiger partial charge in [-0.15, -0.1) is 0 Å². The fourth-order valence-electron chi connectivity index (χ4n) is 3.53. The molecule has 0 aliphatic rings. The number of carbonyl (C=O) groups is 2. The van der Waals surface area contributed by atoms with Gasteiger partial charge in [0.25, 0.3) is 5.56 Å². The average Bonchev–Trinajstić information content (AvgIpc) is 2.80. The van der Waals surface area contributed by atoms with Crippen LogP contribution in [0.5, 0.6) is 0 Å². The summed E-state index contributed by atoms with van der Waals surface area (Å²) in [4.78, 5) is 40.3. The quantitative estimate of drug-likeness (QED) is 0.460. The number of fused-ring (bicyclic) bond motifs is 1. The summed E-state index contributed by atoms with van der Waals surface area (Å²) in [7, 11) is 0. The molecule has 0 spiro atoms. The van der Waals surface area contributed by atoms with Gasteiger partial charge in [0.1, 0.15) is 6.61 Å². The third kappa shape index (κ3) is 4.48. The molecule has 0 aliphatic carbocycles. The van der Waals surface area contributed by atoms with Gasteiger partial charge in [-0.2, -0.15) is 0 Å². The molecule has 2 N–H and O–H groups in total. The molecule has 160 valence electrons. The van der Waals surface area contributed by atoms with Gasteiger partial charge in [-0.25, -0.2) is 4.98 Å². The molecule has 1 heterocycles. The van der Waals surface area contributed by atoms with E-state index in [-0.39, 0.29) is 17.0 Å². The van der Waals surface area contributed by atoms with Gasteiger partial charge in [-0.3, -0.25) is 19.0 Å². The molecule has 0 atom stereocenters. The molecule has 0 bridgehead atoms. The van der Waals surface area contributed by atoms with Crippen LogP contribution in [0.2, 0.25) is 0 Å². The smallest absolute Gasteiger partial charge is 0.261 e. The van der Waals surface area contributed by atoms with E-state index in [2.05, 4.69) is 10.3 Å². The zero-order valence-electron chi connectivity index (χ0n) is 17.4. The van der Waals surface area contributed by atoms with E-state index in [0.29, 0.717) is 17.4 Å². The van der Waals surface area contributed by atoms with Crippen molar-refractivity contribution in [3.05, 3.63) is 94.5 Å². The van der Waals surface area contributed by atoms with Crippen LogP contribution >= 0.6 is 0 Å². The molecule has 0 radical (unpaired) electrons. The third-order valence-electron chi connectivity index (χ3n) is 5.11. The number of hydrogen-bond acceptors (Lipinski definition) is 5. The topological polar surface area (TPSA) is 101 Å². The van der Waals surface area contributed by atoms with Gasteiger partial charge in [-0.1, -0.05) is 30.3 Å². The highest BCUT2D eigenvalue weighted by Crippen LogP contribution is 2.23. The van der Waals surface area contributed by atoms with Crippen molar-refractivity contribution in [3.8, 4) is 11.1 Å². The number of aliphatic hydroxyl groups is 1. The van der Waals surface area contributed by atoms with Crippen LogP contribution in [0.1, 0.15) is 22.8 Å². The Morgan fingerprint density at radius 3 is 2.50 bits per heavy atom. The predicted octanol–water partition coefficient (Wildman–Crippen LogP) is 3.25. The van der Waals surface area contributed by atoms with E-state index in [4.69, 9.17) is 5.11 Å². The molecule has 0 unspecified atom stereocenters. The number of hydrogen-bond donors (Lipinski definition) is 2. The second-order valence-corrected chi connectivity index (χ2v) is 7.45. The fourth-order valence-corrected chi connectivity index (χ4v) is 3.53. The maximum atomic E-state index is 13.0. The number of aliphatic hydroxyl groups excluding tert-OH is 1. The number of nitrogens with one attached hydrogen (secondary N) is 1. The number of amides is 1. The highest BCUT2D eigenvalue weighted by atomic mass is 16.3. The lowest BCUT2D eigenvalue weighted by atomic mass is 10.0. The summed E-state index contributed by atoms with van der Waals surface area (Å²) in [6.45, 7) is 1.17. The fraction of sp³-hybridized carbons (Fsp3) is 0.120. The summed E-state index contributed by atoms with van der Waals surface area (Å²) < 4.78 is 1.49. The molecule has 1 amide bonds. The predicted molar refractivity (Wildman–Crippen MR) is 123 cm³/mol. The van der Waals surface area contributed by atoms with Crippen LogP contribution in [0.3, 0.4) is 0 Å². The molecule has 1 aromatic heterocycles. The Kier molecular flexibility index (Phi) is 5.91. The Hall–Kier alpha value is -4.10. The van der Waals surface area contributed by atoms with Crippen LogP contribution < -0.4 is 10.9 Å². The van der Waals surface area contributed by atoms with Gasteiger partial charge in [0.2, 0.25) is 5.91 Å².